The van der Waals surface area contributed by atoms with E-state index in [1.807, 2.05) is 4.90 Å². The van der Waals surface area contributed by atoms with Crippen LogP contribution in [-0.2, 0) is 15.2 Å². The average Bonchev–Trinajstić information content (AvgIpc) is 3.41. The monoisotopic (exact) mass is 541 g/mol. The lowest BCUT2D eigenvalue weighted by atomic mass is 9.55. The molecule has 4 aliphatic rings. The number of rotatable bonds is 5. The molecular weight excluding hydrogens is 506 g/mol. The Kier molecular flexibility index (Phi) is 6.61. The van der Waals surface area contributed by atoms with E-state index in [9.17, 15) is 34.8 Å². The Balaban J connectivity index is 1.68. The molecule has 0 bridgehead atoms. The summed E-state index contributed by atoms with van der Waals surface area (Å²) in [4.78, 5) is 44.2. The quantitative estimate of drug-likeness (QED) is 0.337. The molecule has 39 heavy (non-hydrogen) atoms. The minimum Gasteiger partial charge on any atom is -0.508 e. The molecule has 1 heterocycles. The van der Waals surface area contributed by atoms with Crippen LogP contribution in [0.5, 0.6) is 5.75 Å². The third-order valence-electron chi connectivity index (χ3n) is 8.87. The number of methoxy groups -OCH3 is 1. The van der Waals surface area contributed by atoms with E-state index in [2.05, 4.69) is 5.32 Å². The van der Waals surface area contributed by atoms with Crippen molar-refractivity contribution in [3.05, 3.63) is 52.0 Å². The summed E-state index contributed by atoms with van der Waals surface area (Å²) >= 11 is 0. The van der Waals surface area contributed by atoms with E-state index in [1.54, 1.807) is 32.3 Å². The fourth-order valence-electron chi connectivity index (χ4n) is 6.85. The molecule has 0 radical (unpaired) electrons. The van der Waals surface area contributed by atoms with E-state index < -0.39 is 63.6 Å². The number of amides is 1. The van der Waals surface area contributed by atoms with Crippen molar-refractivity contribution >= 4 is 17.5 Å². The first-order valence-electron chi connectivity index (χ1n) is 13.1. The summed E-state index contributed by atoms with van der Waals surface area (Å²) < 4.78 is 5.36. The number of Topliss-reactive ketones (excluding diaryl/α,β-unsaturated/α-hetero) is 2. The van der Waals surface area contributed by atoms with Crippen molar-refractivity contribution in [2.75, 3.05) is 41.0 Å². The Morgan fingerprint density at radius 1 is 1.15 bits per heavy atom. The van der Waals surface area contributed by atoms with Gasteiger partial charge in [0.15, 0.2) is 17.2 Å². The highest BCUT2D eigenvalue weighted by Crippen LogP contribution is 2.57. The molecule has 2 unspecified atom stereocenters. The highest BCUT2D eigenvalue weighted by Gasteiger charge is 2.65. The molecule has 1 amide bonds. The number of likely N-dealkylation sites (tertiary alicyclic amines) is 1. The minimum absolute atomic E-state index is 0.0351. The Hall–Kier alpha value is -3.25. The second-order valence-electron chi connectivity index (χ2n) is 11.3. The van der Waals surface area contributed by atoms with Gasteiger partial charge in [0.25, 0.3) is 5.91 Å². The smallest absolute Gasteiger partial charge is 0.259 e. The SMILES string of the molecule is COc1cccc2c1C(=O)C1=C(O)[C@@]3(O)C(O)=C(C(=O)NCN4CCCC4)C(=O)[C@H](N(C)C)C3CC1[C@@]2(C)O. The lowest BCUT2D eigenvalue weighted by Crippen LogP contribution is -2.64. The van der Waals surface area contributed by atoms with Gasteiger partial charge in [-0.05, 0) is 65.0 Å². The number of benzene rings is 1. The predicted molar refractivity (Wildman–Crippen MR) is 139 cm³/mol. The summed E-state index contributed by atoms with van der Waals surface area (Å²) in [7, 11) is 4.55. The van der Waals surface area contributed by atoms with E-state index in [0.29, 0.717) is 5.56 Å². The van der Waals surface area contributed by atoms with E-state index in [1.165, 1.54) is 18.9 Å². The zero-order chi connectivity index (χ0) is 28.4. The first kappa shape index (κ1) is 27.3. The van der Waals surface area contributed by atoms with Crippen LogP contribution in [0, 0.1) is 11.8 Å². The standard InChI is InChI=1S/C28H35N3O8/c1-27(37)14-8-7-9-17(39-4)18(14)22(32)19-15(27)12-16-21(30(2)3)23(33)20(25(35)28(16,38)24(19)34)26(36)29-13-31-10-5-6-11-31/h7-9,15-16,21,34-35,37-38H,5-6,10-13H2,1-4H3,(H,29,36)/t15?,16?,21-,27+,28-/m1/s1. The van der Waals surface area contributed by atoms with Crippen molar-refractivity contribution in [2.24, 2.45) is 11.8 Å². The Morgan fingerprint density at radius 2 is 1.82 bits per heavy atom. The first-order chi connectivity index (χ1) is 18.4. The van der Waals surface area contributed by atoms with Crippen LogP contribution in [0.25, 0.3) is 0 Å². The van der Waals surface area contributed by atoms with Crippen LogP contribution in [0.4, 0.5) is 0 Å². The molecule has 210 valence electrons. The molecule has 5 atom stereocenters. The second kappa shape index (κ2) is 9.44. The largest absolute Gasteiger partial charge is 0.508 e. The summed E-state index contributed by atoms with van der Waals surface area (Å²) in [5, 5.41) is 49.4. The van der Waals surface area contributed by atoms with Gasteiger partial charge in [0.1, 0.15) is 22.8 Å². The van der Waals surface area contributed by atoms with E-state index in [0.717, 1.165) is 25.9 Å². The molecule has 11 nitrogen and oxygen atoms in total. The van der Waals surface area contributed by atoms with Crippen LogP contribution < -0.4 is 10.1 Å². The molecule has 1 fully saturated rings. The van der Waals surface area contributed by atoms with Crippen molar-refractivity contribution in [3.63, 3.8) is 0 Å². The molecule has 5 rings (SSSR count). The predicted octanol–water partition coefficient (Wildman–Crippen LogP) is 0.773. The van der Waals surface area contributed by atoms with Crippen LogP contribution in [0.2, 0.25) is 0 Å². The van der Waals surface area contributed by atoms with Gasteiger partial charge in [-0.15, -0.1) is 0 Å². The number of ketones is 2. The molecule has 1 aromatic carbocycles. The molecule has 5 N–H and O–H groups in total. The van der Waals surface area contributed by atoms with Gasteiger partial charge in [-0.3, -0.25) is 24.2 Å². The van der Waals surface area contributed by atoms with Crippen LogP contribution in [0.1, 0.15) is 42.1 Å². The van der Waals surface area contributed by atoms with Crippen molar-refractivity contribution in [2.45, 2.75) is 43.4 Å². The maximum Gasteiger partial charge on any atom is 0.259 e. The van der Waals surface area contributed by atoms with Crippen molar-refractivity contribution < 1.29 is 39.5 Å². The number of fused-ring (bicyclic) bond motifs is 3. The van der Waals surface area contributed by atoms with Gasteiger partial charge in [0.05, 0.1) is 31.0 Å². The highest BCUT2D eigenvalue weighted by atomic mass is 16.5. The average molecular weight is 542 g/mol. The fourth-order valence-corrected chi connectivity index (χ4v) is 6.85. The van der Waals surface area contributed by atoms with Gasteiger partial charge in [-0.25, -0.2) is 0 Å². The zero-order valence-electron chi connectivity index (χ0n) is 22.5. The molecule has 1 saturated heterocycles. The maximum atomic E-state index is 13.8. The van der Waals surface area contributed by atoms with Crippen LogP contribution in [0.3, 0.4) is 0 Å². The number of hydrogen-bond donors (Lipinski definition) is 5. The van der Waals surface area contributed by atoms with Gasteiger partial charge in [-0.2, -0.15) is 0 Å². The summed E-state index contributed by atoms with van der Waals surface area (Å²) in [6.45, 7) is 3.23. The summed E-state index contributed by atoms with van der Waals surface area (Å²) in [5.74, 6) is -6.16. The first-order valence-corrected chi connectivity index (χ1v) is 13.1. The molecule has 1 aliphatic heterocycles. The Bertz CT molecular complexity index is 1310. The molecule has 3 aliphatic carbocycles. The number of nitrogens with one attached hydrogen (secondary N) is 1. The van der Waals surface area contributed by atoms with Crippen LogP contribution >= 0.6 is 0 Å². The van der Waals surface area contributed by atoms with Crippen molar-refractivity contribution in [1.29, 1.82) is 0 Å². The number of hydrogen-bond acceptors (Lipinski definition) is 10. The molecular formula is C28H35N3O8. The van der Waals surface area contributed by atoms with Gasteiger partial charge >= 0.3 is 0 Å². The fraction of sp³-hybridized carbons (Fsp3) is 0.536. The van der Waals surface area contributed by atoms with Gasteiger partial charge in [0.2, 0.25) is 0 Å². The third kappa shape index (κ3) is 3.82. The number of nitrogens with zero attached hydrogens (tertiary/aromatic N) is 2. The topological polar surface area (TPSA) is 160 Å². The number of likely N-dealkylation sites (N-methyl/N-ethyl adjacent to an activating group) is 1. The maximum absolute atomic E-state index is 13.8. The van der Waals surface area contributed by atoms with Crippen LogP contribution in [-0.4, -0.2) is 100 Å². The highest BCUT2D eigenvalue weighted by molar-refractivity contribution is 6.23. The molecule has 0 aromatic heterocycles. The second-order valence-corrected chi connectivity index (χ2v) is 11.3. The van der Waals surface area contributed by atoms with Crippen molar-refractivity contribution in [3.8, 4) is 5.75 Å². The van der Waals surface area contributed by atoms with Crippen molar-refractivity contribution in [1.82, 2.24) is 15.1 Å². The number of aliphatic hydroxyl groups is 4. The molecule has 0 spiro atoms. The van der Waals surface area contributed by atoms with Gasteiger partial charge in [0, 0.05) is 17.4 Å². The molecule has 0 saturated carbocycles. The number of aliphatic hydroxyl groups excluding tert-OH is 2. The van der Waals surface area contributed by atoms with E-state index in [4.69, 9.17) is 4.74 Å². The lowest BCUT2D eigenvalue weighted by Gasteiger charge is -2.53. The zero-order valence-corrected chi connectivity index (χ0v) is 22.5. The van der Waals surface area contributed by atoms with Gasteiger partial charge < -0.3 is 30.5 Å². The lowest BCUT2D eigenvalue weighted by molar-refractivity contribution is -0.140. The minimum atomic E-state index is -2.61. The summed E-state index contributed by atoms with van der Waals surface area (Å²) in [6.07, 6.45) is 1.84. The molecule has 11 heteroatoms. The number of carbonyl (C=O) groups is 3. The summed E-state index contributed by atoms with van der Waals surface area (Å²) in [6, 6.07) is 3.65. The summed E-state index contributed by atoms with van der Waals surface area (Å²) in [5.41, 5.74) is -4.91. The third-order valence-corrected chi connectivity index (χ3v) is 8.87. The molecule has 1 aromatic rings. The van der Waals surface area contributed by atoms with E-state index >= 15 is 0 Å². The Labute approximate surface area is 226 Å². The van der Waals surface area contributed by atoms with Gasteiger partial charge in [-0.1, -0.05) is 12.1 Å². The number of carbonyl (C=O) groups excluding carboxylic acids is 3. The normalized spacial score (nSPS) is 32.7. The Morgan fingerprint density at radius 3 is 2.44 bits per heavy atom. The number of ether oxygens (including phenoxy) is 1. The van der Waals surface area contributed by atoms with Crippen LogP contribution in [0.15, 0.2) is 40.9 Å². The van der Waals surface area contributed by atoms with E-state index in [-0.39, 0.29) is 30.0 Å².